The number of phenols is 1. The summed E-state index contributed by atoms with van der Waals surface area (Å²) in [6, 6.07) is 11.9. The van der Waals surface area contributed by atoms with E-state index in [0.29, 0.717) is 5.56 Å². The maximum atomic E-state index is 12.4. The van der Waals surface area contributed by atoms with Crippen molar-refractivity contribution in [3.05, 3.63) is 59.7 Å². The van der Waals surface area contributed by atoms with E-state index in [1.807, 2.05) is 20.8 Å². The van der Waals surface area contributed by atoms with E-state index in [0.717, 1.165) is 0 Å². The second-order valence-electron chi connectivity index (χ2n) is 6.65. The summed E-state index contributed by atoms with van der Waals surface area (Å²) in [6.45, 7) is 5.60. The van der Waals surface area contributed by atoms with Gasteiger partial charge in [0.05, 0.1) is 11.6 Å². The lowest BCUT2D eigenvalue weighted by molar-refractivity contribution is 0.0729. The van der Waals surface area contributed by atoms with Crippen molar-refractivity contribution in [2.75, 3.05) is 0 Å². The summed E-state index contributed by atoms with van der Waals surface area (Å²) in [5.74, 6) is -1.16. The minimum atomic E-state index is -0.699. The van der Waals surface area contributed by atoms with Gasteiger partial charge in [0.15, 0.2) is 17.3 Å². The van der Waals surface area contributed by atoms with E-state index >= 15 is 0 Å². The van der Waals surface area contributed by atoms with Crippen LogP contribution >= 0.6 is 0 Å². The summed E-state index contributed by atoms with van der Waals surface area (Å²) in [4.78, 5) is 24.4. The number of carbonyl (C=O) groups is 2. The van der Waals surface area contributed by atoms with E-state index in [9.17, 15) is 14.7 Å². The van der Waals surface area contributed by atoms with Crippen LogP contribution in [0.2, 0.25) is 0 Å². The van der Waals surface area contributed by atoms with Gasteiger partial charge in [-0.15, -0.1) is 0 Å². The van der Waals surface area contributed by atoms with E-state index < -0.39 is 17.4 Å². The lowest BCUT2D eigenvalue weighted by Crippen LogP contribution is -2.42. The molecule has 0 saturated carbocycles. The SMILES string of the molecule is CC(C)(C)C(N)C(=O)c1ccc(OC(=O)c2ccccc2)c(O)c1. The number of carbonyl (C=O) groups excluding carboxylic acids is 2. The van der Waals surface area contributed by atoms with Crippen molar-refractivity contribution >= 4 is 11.8 Å². The average molecular weight is 327 g/mol. The predicted octanol–water partition coefficient (Wildman–Crippen LogP) is 3.17. The van der Waals surface area contributed by atoms with Crippen molar-refractivity contribution in [3.8, 4) is 11.5 Å². The molecule has 3 N–H and O–H groups in total. The quantitative estimate of drug-likeness (QED) is 0.511. The topological polar surface area (TPSA) is 89.6 Å². The number of esters is 1. The van der Waals surface area contributed by atoms with Crippen molar-refractivity contribution in [3.63, 3.8) is 0 Å². The van der Waals surface area contributed by atoms with Crippen LogP contribution in [0.4, 0.5) is 0 Å². The van der Waals surface area contributed by atoms with Crippen LogP contribution in [-0.4, -0.2) is 22.9 Å². The summed E-state index contributed by atoms with van der Waals surface area (Å²) in [5, 5.41) is 10.1. The molecule has 0 heterocycles. The van der Waals surface area contributed by atoms with E-state index in [2.05, 4.69) is 0 Å². The molecule has 0 amide bonds. The second-order valence-corrected chi connectivity index (χ2v) is 6.65. The minimum absolute atomic E-state index is 0.00951. The molecule has 0 radical (unpaired) electrons. The van der Waals surface area contributed by atoms with E-state index in [4.69, 9.17) is 10.5 Å². The van der Waals surface area contributed by atoms with Gasteiger partial charge in [-0.05, 0) is 35.7 Å². The molecule has 0 fully saturated rings. The largest absolute Gasteiger partial charge is 0.504 e. The van der Waals surface area contributed by atoms with E-state index in [-0.39, 0.29) is 22.8 Å². The summed E-state index contributed by atoms with van der Waals surface area (Å²) in [6.07, 6.45) is 0. The molecule has 5 heteroatoms. The normalized spacial score (nSPS) is 12.5. The van der Waals surface area contributed by atoms with Crippen LogP contribution in [0.15, 0.2) is 48.5 Å². The van der Waals surface area contributed by atoms with E-state index in [1.165, 1.54) is 18.2 Å². The molecule has 0 saturated heterocycles. The molecule has 5 nitrogen and oxygen atoms in total. The van der Waals surface area contributed by atoms with E-state index in [1.54, 1.807) is 30.3 Å². The number of nitrogens with two attached hydrogens (primary N) is 1. The van der Waals surface area contributed by atoms with Crippen LogP contribution in [-0.2, 0) is 0 Å². The third kappa shape index (κ3) is 4.00. The molecule has 126 valence electrons. The third-order valence-electron chi connectivity index (χ3n) is 3.67. The van der Waals surface area contributed by atoms with Gasteiger partial charge in [0.2, 0.25) is 0 Å². The Morgan fingerprint density at radius 1 is 1.04 bits per heavy atom. The molecule has 0 aliphatic carbocycles. The summed E-state index contributed by atoms with van der Waals surface area (Å²) < 4.78 is 5.16. The van der Waals surface area contributed by atoms with Gasteiger partial charge in [-0.25, -0.2) is 4.79 Å². The number of aromatic hydroxyl groups is 1. The molecule has 2 aromatic carbocycles. The number of benzene rings is 2. The van der Waals surface area contributed by atoms with Gasteiger partial charge in [-0.1, -0.05) is 39.0 Å². The maximum absolute atomic E-state index is 12.4. The molecule has 0 aliphatic rings. The maximum Gasteiger partial charge on any atom is 0.343 e. The number of rotatable bonds is 4. The first-order valence-corrected chi connectivity index (χ1v) is 7.60. The van der Waals surface area contributed by atoms with Crippen LogP contribution in [0.1, 0.15) is 41.5 Å². The number of ether oxygens (including phenoxy) is 1. The van der Waals surface area contributed by atoms with Crippen LogP contribution in [0.25, 0.3) is 0 Å². The first kappa shape index (κ1) is 17.7. The van der Waals surface area contributed by atoms with Gasteiger partial charge in [0, 0.05) is 5.56 Å². The highest BCUT2D eigenvalue weighted by atomic mass is 16.5. The Hall–Kier alpha value is -2.66. The van der Waals surface area contributed by atoms with Gasteiger partial charge in [-0.3, -0.25) is 4.79 Å². The molecule has 0 bridgehead atoms. The van der Waals surface area contributed by atoms with Crippen molar-refractivity contribution < 1.29 is 19.4 Å². The monoisotopic (exact) mass is 327 g/mol. The molecule has 0 aliphatic heterocycles. The molecule has 2 aromatic rings. The van der Waals surface area contributed by atoms with Crippen LogP contribution in [0.5, 0.6) is 11.5 Å². The van der Waals surface area contributed by atoms with Gasteiger partial charge in [-0.2, -0.15) is 0 Å². The Morgan fingerprint density at radius 2 is 1.67 bits per heavy atom. The van der Waals surface area contributed by atoms with Gasteiger partial charge in [0.25, 0.3) is 0 Å². The number of Topliss-reactive ketones (excluding diaryl/α,β-unsaturated/α-hetero) is 1. The van der Waals surface area contributed by atoms with Crippen molar-refractivity contribution in [1.29, 1.82) is 0 Å². The minimum Gasteiger partial charge on any atom is -0.504 e. The fourth-order valence-electron chi connectivity index (χ4n) is 2.06. The van der Waals surface area contributed by atoms with Crippen molar-refractivity contribution in [2.45, 2.75) is 26.8 Å². The Balaban J connectivity index is 2.18. The van der Waals surface area contributed by atoms with Crippen LogP contribution in [0, 0.1) is 5.41 Å². The lowest BCUT2D eigenvalue weighted by atomic mass is 9.83. The Labute approximate surface area is 141 Å². The molecule has 0 aromatic heterocycles. The highest BCUT2D eigenvalue weighted by Crippen LogP contribution is 2.29. The first-order valence-electron chi connectivity index (χ1n) is 7.60. The molecular formula is C19H21NO4. The fourth-order valence-corrected chi connectivity index (χ4v) is 2.06. The number of ketones is 1. The van der Waals surface area contributed by atoms with Crippen molar-refractivity contribution in [1.82, 2.24) is 0 Å². The van der Waals surface area contributed by atoms with Crippen LogP contribution < -0.4 is 10.5 Å². The van der Waals surface area contributed by atoms with Crippen LogP contribution in [0.3, 0.4) is 0 Å². The van der Waals surface area contributed by atoms with Crippen molar-refractivity contribution in [2.24, 2.45) is 11.1 Å². The lowest BCUT2D eigenvalue weighted by Gasteiger charge is -2.25. The zero-order valence-corrected chi connectivity index (χ0v) is 13.9. The summed E-state index contributed by atoms with van der Waals surface area (Å²) >= 11 is 0. The summed E-state index contributed by atoms with van der Waals surface area (Å²) in [7, 11) is 0. The molecule has 1 unspecified atom stereocenters. The standard InChI is InChI=1S/C19H21NO4/c1-19(2,3)17(20)16(22)13-9-10-15(14(21)11-13)24-18(23)12-7-5-4-6-8-12/h4-11,17,21H,20H2,1-3H3. The zero-order valence-electron chi connectivity index (χ0n) is 13.9. The summed E-state index contributed by atoms with van der Waals surface area (Å²) in [5.41, 5.74) is 6.20. The molecule has 2 rings (SSSR count). The Bertz CT molecular complexity index is 748. The fraction of sp³-hybridized carbons (Fsp3) is 0.263. The van der Waals surface area contributed by atoms with Gasteiger partial charge < -0.3 is 15.6 Å². The highest BCUT2D eigenvalue weighted by molar-refractivity contribution is 6.01. The molecule has 0 spiro atoms. The third-order valence-corrected chi connectivity index (χ3v) is 3.67. The molecule has 1 atom stereocenters. The Kier molecular flexibility index (Phi) is 5.04. The molecule has 24 heavy (non-hydrogen) atoms. The smallest absolute Gasteiger partial charge is 0.343 e. The number of hydrogen-bond acceptors (Lipinski definition) is 5. The molecular weight excluding hydrogens is 306 g/mol. The van der Waals surface area contributed by atoms with Gasteiger partial charge in [0.1, 0.15) is 0 Å². The first-order chi connectivity index (χ1) is 11.2. The highest BCUT2D eigenvalue weighted by Gasteiger charge is 2.28. The Morgan fingerprint density at radius 3 is 2.21 bits per heavy atom. The predicted molar refractivity (Wildman–Crippen MR) is 91.3 cm³/mol. The number of hydrogen-bond donors (Lipinski definition) is 2. The van der Waals surface area contributed by atoms with Gasteiger partial charge >= 0.3 is 5.97 Å². The zero-order chi connectivity index (χ0) is 17.9. The average Bonchev–Trinajstić information content (AvgIpc) is 2.55. The number of phenolic OH excluding ortho intramolecular Hbond substituents is 1. The second kappa shape index (κ2) is 6.84.